The number of nitrogens with two attached hydrogens (primary N) is 1. The van der Waals surface area contributed by atoms with Crippen LogP contribution in [0, 0.1) is 18.8 Å². The molecule has 2 N–H and O–H groups in total. The molecule has 4 atom stereocenters. The van der Waals surface area contributed by atoms with Crippen molar-refractivity contribution in [1.29, 1.82) is 0 Å². The van der Waals surface area contributed by atoms with E-state index in [-0.39, 0.29) is 23.2 Å². The van der Waals surface area contributed by atoms with E-state index in [1.165, 1.54) is 21.6 Å². The quantitative estimate of drug-likeness (QED) is 0.230. The summed E-state index contributed by atoms with van der Waals surface area (Å²) in [6.45, 7) is 13.6. The highest BCUT2D eigenvalue weighted by Crippen LogP contribution is 2.50. The van der Waals surface area contributed by atoms with E-state index in [4.69, 9.17) is 37.8 Å². The van der Waals surface area contributed by atoms with Gasteiger partial charge < -0.3 is 9.47 Å². The average molecular weight is 673 g/mol. The van der Waals surface area contributed by atoms with Gasteiger partial charge in [-0.2, -0.15) is 0 Å². The number of hydrogen-bond donors (Lipinski definition) is 1. The maximum absolute atomic E-state index is 11.8. The van der Waals surface area contributed by atoms with E-state index in [1.54, 1.807) is 26.4 Å². The monoisotopic (exact) mass is 671 g/mol. The summed E-state index contributed by atoms with van der Waals surface area (Å²) in [5.74, 6) is 2.94. The van der Waals surface area contributed by atoms with Crippen molar-refractivity contribution in [3.05, 3.63) is 109 Å². The number of allylic oxidation sites excluding steroid dienone is 4. The number of hydrogen-bond acceptors (Lipinski definition) is 4. The van der Waals surface area contributed by atoms with Gasteiger partial charge in [0, 0.05) is 16.2 Å². The first-order valence-electron chi connectivity index (χ1n) is 14.8. The Balaban J connectivity index is 1.81. The van der Waals surface area contributed by atoms with Crippen LogP contribution >= 0.6 is 35.0 Å². The number of methoxy groups -OCH3 is 2. The zero-order chi connectivity index (χ0) is 32.3. The van der Waals surface area contributed by atoms with Crippen LogP contribution in [0.4, 0.5) is 0 Å². The summed E-state index contributed by atoms with van der Waals surface area (Å²) in [6, 6.07) is 18.2. The molecule has 8 heteroatoms. The van der Waals surface area contributed by atoms with E-state index in [2.05, 4.69) is 78.0 Å². The molecule has 236 valence electrons. The molecule has 0 saturated heterocycles. The van der Waals surface area contributed by atoms with Crippen molar-refractivity contribution in [1.82, 2.24) is 0 Å². The summed E-state index contributed by atoms with van der Waals surface area (Å²) in [4.78, 5) is 1.89. The van der Waals surface area contributed by atoms with Gasteiger partial charge in [-0.3, -0.25) is 0 Å². The van der Waals surface area contributed by atoms with E-state index in [9.17, 15) is 4.21 Å². The van der Waals surface area contributed by atoms with Crippen LogP contribution in [0.5, 0.6) is 11.5 Å². The molecule has 3 aromatic rings. The maximum atomic E-state index is 11.8. The second kappa shape index (κ2) is 14.5. The van der Waals surface area contributed by atoms with Gasteiger partial charge in [0.05, 0.1) is 24.1 Å². The van der Waals surface area contributed by atoms with Gasteiger partial charge in [-0.05, 0) is 95.5 Å². The highest BCUT2D eigenvalue weighted by molar-refractivity contribution is 8.02. The van der Waals surface area contributed by atoms with Crippen LogP contribution in [-0.4, -0.2) is 18.4 Å². The molecule has 0 radical (unpaired) electrons. The molecule has 0 spiro atoms. The number of halogens is 2. The Labute approximate surface area is 280 Å². The lowest BCUT2D eigenvalue weighted by atomic mass is 9.66. The summed E-state index contributed by atoms with van der Waals surface area (Å²) >= 11 is 14.9. The molecular formula is C36H43Cl2NO3S2. The minimum atomic E-state index is -1.56. The molecule has 0 saturated carbocycles. The van der Waals surface area contributed by atoms with Crippen molar-refractivity contribution in [2.24, 2.45) is 17.0 Å². The van der Waals surface area contributed by atoms with Crippen molar-refractivity contribution < 1.29 is 13.7 Å². The molecule has 4 nitrogen and oxygen atoms in total. The standard InChI is InChI=1S/C36H43Cl2NO3S2/c1-21-9-10-25(16-33(21)41-7)29-19-35(43-20-26-11-13-28(44(39)40)18-32(26)38)23(3)22(2)15-30(24(29)4)36(5,6)27-12-14-31(37)34(17-27)42-8/h9-18,22,24,29H,19-20,39H2,1-8H3. The molecule has 0 aromatic heterocycles. The molecule has 0 fully saturated rings. The fourth-order valence-electron chi connectivity index (χ4n) is 6.13. The molecule has 0 bridgehead atoms. The van der Waals surface area contributed by atoms with Gasteiger partial charge in [-0.15, -0.1) is 11.8 Å². The van der Waals surface area contributed by atoms with Crippen LogP contribution in [0.2, 0.25) is 10.0 Å². The van der Waals surface area contributed by atoms with E-state index in [1.807, 2.05) is 23.9 Å². The van der Waals surface area contributed by atoms with Gasteiger partial charge in [0.2, 0.25) is 0 Å². The molecule has 0 aliphatic heterocycles. The smallest absolute Gasteiger partial charge is 0.137 e. The number of rotatable bonds is 9. The minimum Gasteiger partial charge on any atom is -0.496 e. The molecule has 44 heavy (non-hydrogen) atoms. The fraction of sp³-hybridized carbons (Fsp3) is 0.389. The van der Waals surface area contributed by atoms with Gasteiger partial charge in [-0.25, -0.2) is 9.35 Å². The first-order chi connectivity index (χ1) is 20.8. The zero-order valence-electron chi connectivity index (χ0n) is 26.8. The van der Waals surface area contributed by atoms with Crippen molar-refractivity contribution in [3.63, 3.8) is 0 Å². The minimum absolute atomic E-state index is 0.201. The highest BCUT2D eigenvalue weighted by Gasteiger charge is 2.36. The zero-order valence-corrected chi connectivity index (χ0v) is 29.9. The van der Waals surface area contributed by atoms with Crippen LogP contribution in [0.1, 0.15) is 69.2 Å². The number of benzene rings is 3. The molecule has 4 unspecified atom stereocenters. The van der Waals surface area contributed by atoms with Crippen LogP contribution < -0.4 is 14.6 Å². The summed E-state index contributed by atoms with van der Waals surface area (Å²) in [5.41, 5.74) is 6.99. The molecule has 1 aliphatic rings. The first kappa shape index (κ1) is 34.6. The lowest BCUT2D eigenvalue weighted by molar-refractivity contribution is 0.404. The Morgan fingerprint density at radius 2 is 1.66 bits per heavy atom. The van der Waals surface area contributed by atoms with Gasteiger partial charge in [0.15, 0.2) is 0 Å². The lowest BCUT2D eigenvalue weighted by Crippen LogP contribution is -2.30. The van der Waals surface area contributed by atoms with E-state index in [0.29, 0.717) is 26.4 Å². The van der Waals surface area contributed by atoms with Gasteiger partial charge in [0.25, 0.3) is 0 Å². The van der Waals surface area contributed by atoms with Crippen LogP contribution in [0.25, 0.3) is 0 Å². The Morgan fingerprint density at radius 1 is 0.955 bits per heavy atom. The Bertz CT molecular complexity index is 1610. The molecule has 0 amide bonds. The third-order valence-electron chi connectivity index (χ3n) is 9.17. The second-order valence-corrected chi connectivity index (χ2v) is 15.1. The molecule has 1 aliphatic carbocycles. The van der Waals surface area contributed by atoms with Crippen molar-refractivity contribution in [3.8, 4) is 11.5 Å². The lowest BCUT2D eigenvalue weighted by Gasteiger charge is -2.40. The van der Waals surface area contributed by atoms with Crippen LogP contribution in [0.15, 0.2) is 81.6 Å². The summed E-state index contributed by atoms with van der Waals surface area (Å²) in [6.07, 6.45) is 3.35. The second-order valence-electron chi connectivity index (χ2n) is 12.2. The van der Waals surface area contributed by atoms with E-state index >= 15 is 0 Å². The third-order valence-corrected chi connectivity index (χ3v) is 11.8. The Hall–Kier alpha value is -2.22. The largest absolute Gasteiger partial charge is 0.496 e. The third kappa shape index (κ3) is 7.42. The molecule has 3 aromatic carbocycles. The average Bonchev–Trinajstić information content (AvgIpc) is 2.99. The topological polar surface area (TPSA) is 61.5 Å². The molecular weight excluding hydrogens is 629 g/mol. The maximum Gasteiger partial charge on any atom is 0.137 e. The SMILES string of the molecule is COc1cc(C2CC(SCc3ccc(S(N)=O)cc3Cl)=C(C)C(C)C=C(C(C)(C)c3ccc(Cl)c(OC)c3)C2C)ccc1C. The normalized spacial score (nSPS) is 20.1. The van der Waals surface area contributed by atoms with Crippen molar-refractivity contribution >= 4 is 45.9 Å². The number of aryl methyl sites for hydroxylation is 1. The Morgan fingerprint density at radius 3 is 2.30 bits per heavy atom. The van der Waals surface area contributed by atoms with E-state index in [0.717, 1.165) is 28.9 Å². The predicted octanol–water partition coefficient (Wildman–Crippen LogP) is 10.2. The van der Waals surface area contributed by atoms with Crippen LogP contribution in [0.3, 0.4) is 0 Å². The molecule has 4 rings (SSSR count). The summed E-state index contributed by atoms with van der Waals surface area (Å²) < 4.78 is 23.1. The van der Waals surface area contributed by atoms with Gasteiger partial charge in [0.1, 0.15) is 22.5 Å². The van der Waals surface area contributed by atoms with E-state index < -0.39 is 11.0 Å². The highest BCUT2D eigenvalue weighted by atomic mass is 35.5. The first-order valence-corrected chi connectivity index (χ1v) is 17.7. The van der Waals surface area contributed by atoms with Crippen LogP contribution in [-0.2, 0) is 22.2 Å². The summed E-state index contributed by atoms with van der Waals surface area (Å²) in [5, 5.41) is 6.77. The number of ether oxygens (including phenoxy) is 2. The Kier molecular flexibility index (Phi) is 11.4. The number of thioether (sulfide) groups is 1. The molecule has 0 heterocycles. The fourth-order valence-corrected chi connectivity index (χ4v) is 8.44. The van der Waals surface area contributed by atoms with Gasteiger partial charge >= 0.3 is 0 Å². The van der Waals surface area contributed by atoms with Crippen molar-refractivity contribution in [2.75, 3.05) is 14.2 Å². The summed E-state index contributed by atoms with van der Waals surface area (Å²) in [7, 11) is 1.83. The van der Waals surface area contributed by atoms with Crippen molar-refractivity contribution in [2.45, 2.75) is 69.9 Å². The predicted molar refractivity (Wildman–Crippen MR) is 189 cm³/mol. The van der Waals surface area contributed by atoms with Gasteiger partial charge in [-0.1, -0.05) is 92.4 Å².